The van der Waals surface area contributed by atoms with Crippen molar-refractivity contribution >= 4 is 0 Å². The van der Waals surface area contributed by atoms with E-state index >= 15 is 0 Å². The van der Waals surface area contributed by atoms with E-state index in [0.717, 1.165) is 12.3 Å². The summed E-state index contributed by atoms with van der Waals surface area (Å²) in [5, 5.41) is 0. The molecule has 1 aliphatic rings. The number of unbranched alkanes of at least 4 members (excludes halogenated alkanes) is 5. The van der Waals surface area contributed by atoms with Crippen LogP contribution in [0.4, 0.5) is 0 Å². The van der Waals surface area contributed by atoms with Gasteiger partial charge < -0.3 is 9.64 Å². The fraction of sp³-hybridized carbons (Fsp3) is 0.760. The average molecular weight is 376 g/mol. The summed E-state index contributed by atoms with van der Waals surface area (Å²) in [4.78, 5) is 2.62. The third-order valence-electron chi connectivity index (χ3n) is 5.59. The van der Waals surface area contributed by atoms with Crippen LogP contribution in [0.1, 0.15) is 91.9 Å². The molecule has 2 unspecified atom stereocenters. The zero-order valence-corrected chi connectivity index (χ0v) is 18.8. The Bertz CT molecular complexity index is 459. The SMILES string of the molecule is CCCCCCCCN(CCC(C)CCC=C(C)C)C1=CCC(OC)C=C1. The first-order valence-corrected chi connectivity index (χ1v) is 11.4. The lowest BCUT2D eigenvalue weighted by Crippen LogP contribution is -2.27. The van der Waals surface area contributed by atoms with Gasteiger partial charge in [0.15, 0.2) is 0 Å². The quantitative estimate of drug-likeness (QED) is 0.220. The van der Waals surface area contributed by atoms with Crippen LogP contribution in [0, 0.1) is 5.92 Å². The average Bonchev–Trinajstić information content (AvgIpc) is 2.66. The van der Waals surface area contributed by atoms with Gasteiger partial charge in [0, 0.05) is 25.9 Å². The molecule has 0 aromatic heterocycles. The topological polar surface area (TPSA) is 12.5 Å². The summed E-state index contributed by atoms with van der Waals surface area (Å²) in [5.41, 5.74) is 2.85. The summed E-state index contributed by atoms with van der Waals surface area (Å²) >= 11 is 0. The van der Waals surface area contributed by atoms with Gasteiger partial charge in [-0.15, -0.1) is 0 Å². The molecule has 2 heteroatoms. The number of hydrogen-bond acceptors (Lipinski definition) is 2. The van der Waals surface area contributed by atoms with E-state index in [1.54, 1.807) is 7.11 Å². The van der Waals surface area contributed by atoms with Crippen molar-refractivity contribution in [2.45, 2.75) is 98.0 Å². The van der Waals surface area contributed by atoms with Crippen molar-refractivity contribution in [3.8, 4) is 0 Å². The highest BCUT2D eigenvalue weighted by Gasteiger charge is 2.14. The van der Waals surface area contributed by atoms with Gasteiger partial charge in [0.2, 0.25) is 0 Å². The molecule has 0 saturated heterocycles. The summed E-state index contributed by atoms with van der Waals surface area (Å²) in [5.74, 6) is 0.785. The zero-order chi connectivity index (χ0) is 19.9. The third kappa shape index (κ3) is 11.4. The molecular formula is C25H45NO. The molecule has 0 aromatic rings. The van der Waals surface area contributed by atoms with E-state index in [-0.39, 0.29) is 6.10 Å². The molecule has 0 fully saturated rings. The van der Waals surface area contributed by atoms with E-state index in [9.17, 15) is 0 Å². The van der Waals surface area contributed by atoms with Gasteiger partial charge in [-0.1, -0.05) is 69.8 Å². The Balaban J connectivity index is 2.46. The van der Waals surface area contributed by atoms with Crippen LogP contribution >= 0.6 is 0 Å². The monoisotopic (exact) mass is 375 g/mol. The van der Waals surface area contributed by atoms with E-state index < -0.39 is 0 Å². The maximum Gasteiger partial charge on any atom is 0.0791 e. The van der Waals surface area contributed by atoms with Crippen molar-refractivity contribution in [3.05, 3.63) is 35.6 Å². The van der Waals surface area contributed by atoms with Crippen LogP contribution in [0.3, 0.4) is 0 Å². The number of rotatable bonds is 15. The minimum atomic E-state index is 0.257. The first-order chi connectivity index (χ1) is 13.1. The molecule has 0 heterocycles. The van der Waals surface area contributed by atoms with Gasteiger partial charge in [0.1, 0.15) is 0 Å². The second-order valence-corrected chi connectivity index (χ2v) is 8.51. The van der Waals surface area contributed by atoms with Crippen LogP contribution in [-0.2, 0) is 4.74 Å². The van der Waals surface area contributed by atoms with Crippen LogP contribution in [0.25, 0.3) is 0 Å². The molecule has 156 valence electrons. The largest absolute Gasteiger partial charge is 0.377 e. The van der Waals surface area contributed by atoms with Gasteiger partial charge in [-0.05, 0) is 57.9 Å². The summed E-state index contributed by atoms with van der Waals surface area (Å²) in [7, 11) is 1.80. The molecule has 0 aromatic carbocycles. The molecule has 2 atom stereocenters. The third-order valence-corrected chi connectivity index (χ3v) is 5.59. The highest BCUT2D eigenvalue weighted by Crippen LogP contribution is 2.20. The van der Waals surface area contributed by atoms with Crippen LogP contribution in [0.15, 0.2) is 35.6 Å². The Morgan fingerprint density at radius 3 is 2.52 bits per heavy atom. The Hall–Kier alpha value is -1.02. The molecule has 0 aliphatic heterocycles. The maximum absolute atomic E-state index is 5.46. The van der Waals surface area contributed by atoms with Gasteiger partial charge in [0.25, 0.3) is 0 Å². The fourth-order valence-corrected chi connectivity index (χ4v) is 3.63. The van der Waals surface area contributed by atoms with E-state index in [1.807, 2.05) is 0 Å². The number of allylic oxidation sites excluding steroid dienone is 3. The summed E-state index contributed by atoms with van der Waals surface area (Å²) in [6.45, 7) is 11.5. The Kier molecular flexibility index (Phi) is 13.3. The highest BCUT2D eigenvalue weighted by molar-refractivity contribution is 5.23. The molecule has 0 saturated carbocycles. The van der Waals surface area contributed by atoms with Gasteiger partial charge in [-0.2, -0.15) is 0 Å². The first-order valence-electron chi connectivity index (χ1n) is 11.4. The van der Waals surface area contributed by atoms with Crippen LogP contribution in [-0.4, -0.2) is 31.2 Å². The minimum Gasteiger partial charge on any atom is -0.377 e. The standard InChI is InChI=1S/C25H45NO/c1-6-7-8-9-10-11-20-26(24-15-17-25(27-5)18-16-24)21-19-23(4)14-12-13-22(2)3/h13,15-17,23,25H,6-12,14,18-21H2,1-5H3. The molecule has 1 aliphatic carbocycles. The smallest absolute Gasteiger partial charge is 0.0791 e. The van der Waals surface area contributed by atoms with Gasteiger partial charge in [-0.3, -0.25) is 0 Å². The van der Waals surface area contributed by atoms with Gasteiger partial charge in [0.05, 0.1) is 6.10 Å². The predicted molar refractivity (Wildman–Crippen MR) is 120 cm³/mol. The molecule has 0 radical (unpaired) electrons. The lowest BCUT2D eigenvalue weighted by molar-refractivity contribution is 0.141. The van der Waals surface area contributed by atoms with E-state index in [1.165, 1.54) is 82.1 Å². The van der Waals surface area contributed by atoms with Crippen molar-refractivity contribution in [2.75, 3.05) is 20.2 Å². The van der Waals surface area contributed by atoms with E-state index in [2.05, 4.69) is 56.9 Å². The van der Waals surface area contributed by atoms with Crippen molar-refractivity contribution in [1.29, 1.82) is 0 Å². The molecule has 2 nitrogen and oxygen atoms in total. The molecule has 0 bridgehead atoms. The lowest BCUT2D eigenvalue weighted by atomic mass is 10.00. The Morgan fingerprint density at radius 1 is 1.15 bits per heavy atom. The van der Waals surface area contributed by atoms with Crippen LogP contribution in [0.5, 0.6) is 0 Å². The van der Waals surface area contributed by atoms with Crippen molar-refractivity contribution in [1.82, 2.24) is 4.90 Å². The molecular weight excluding hydrogens is 330 g/mol. The maximum atomic E-state index is 5.46. The fourth-order valence-electron chi connectivity index (χ4n) is 3.63. The summed E-state index contributed by atoms with van der Waals surface area (Å²) in [6, 6.07) is 0. The Labute approximate surface area is 169 Å². The molecule has 1 rings (SSSR count). The minimum absolute atomic E-state index is 0.257. The first kappa shape index (κ1) is 24.0. The molecule has 0 amide bonds. The highest BCUT2D eigenvalue weighted by atomic mass is 16.5. The lowest BCUT2D eigenvalue weighted by Gasteiger charge is -2.29. The summed E-state index contributed by atoms with van der Waals surface area (Å²) < 4.78 is 5.46. The Morgan fingerprint density at radius 2 is 1.89 bits per heavy atom. The van der Waals surface area contributed by atoms with Crippen molar-refractivity contribution in [2.24, 2.45) is 5.92 Å². The van der Waals surface area contributed by atoms with Gasteiger partial charge in [-0.25, -0.2) is 0 Å². The summed E-state index contributed by atoms with van der Waals surface area (Å²) in [6.07, 6.45) is 22.5. The molecule has 0 N–H and O–H groups in total. The number of hydrogen-bond donors (Lipinski definition) is 0. The number of nitrogens with zero attached hydrogens (tertiary/aromatic N) is 1. The second-order valence-electron chi connectivity index (χ2n) is 8.51. The second kappa shape index (κ2) is 15.0. The van der Waals surface area contributed by atoms with Crippen molar-refractivity contribution < 1.29 is 4.74 Å². The normalized spacial score (nSPS) is 17.5. The van der Waals surface area contributed by atoms with E-state index in [0.29, 0.717) is 0 Å². The molecule has 0 spiro atoms. The number of methoxy groups -OCH3 is 1. The number of ether oxygens (including phenoxy) is 1. The molecule has 27 heavy (non-hydrogen) atoms. The van der Waals surface area contributed by atoms with E-state index in [4.69, 9.17) is 4.74 Å². The van der Waals surface area contributed by atoms with Crippen LogP contribution in [0.2, 0.25) is 0 Å². The zero-order valence-electron chi connectivity index (χ0n) is 18.8. The predicted octanol–water partition coefficient (Wildman–Crippen LogP) is 7.28. The van der Waals surface area contributed by atoms with Gasteiger partial charge >= 0.3 is 0 Å². The van der Waals surface area contributed by atoms with Crippen LogP contribution < -0.4 is 0 Å². The van der Waals surface area contributed by atoms with Crippen molar-refractivity contribution in [3.63, 3.8) is 0 Å².